The van der Waals surface area contributed by atoms with Gasteiger partial charge in [0, 0.05) is 10.9 Å². The monoisotopic (exact) mass is 171 g/mol. The quantitative estimate of drug-likeness (QED) is 0.613. The van der Waals surface area contributed by atoms with Gasteiger partial charge in [-0.1, -0.05) is 11.8 Å². The number of fused-ring (bicyclic) bond motifs is 1. The highest BCUT2D eigenvalue weighted by Gasteiger charge is 1.95. The molecule has 0 atom stereocenters. The van der Waals surface area contributed by atoms with Crippen molar-refractivity contribution < 1.29 is 4.42 Å². The van der Waals surface area contributed by atoms with Crippen molar-refractivity contribution in [2.45, 2.75) is 0 Å². The van der Waals surface area contributed by atoms with E-state index >= 15 is 0 Å². The summed E-state index contributed by atoms with van der Waals surface area (Å²) < 4.78 is 5.20. The zero-order chi connectivity index (χ0) is 9.10. The molecule has 0 spiro atoms. The number of hydrogen-bond acceptors (Lipinski definition) is 2. The lowest BCUT2D eigenvalue weighted by molar-refractivity contribution is 0.616. The zero-order valence-electron chi connectivity index (χ0n) is 7.08. The Morgan fingerprint density at radius 1 is 1.31 bits per heavy atom. The molecule has 0 fully saturated rings. The molecule has 0 aliphatic rings. The van der Waals surface area contributed by atoms with Crippen LogP contribution in [0.4, 0.5) is 0 Å². The Hall–Kier alpha value is -1.72. The van der Waals surface area contributed by atoms with Crippen molar-refractivity contribution in [1.82, 2.24) is 0 Å². The molecule has 0 saturated carbocycles. The fraction of sp³-hybridized carbons (Fsp3) is 0.0909. The van der Waals surface area contributed by atoms with Crippen LogP contribution in [0, 0.1) is 11.8 Å². The second kappa shape index (κ2) is 3.34. The number of nitrogens with two attached hydrogens (primary N) is 1. The van der Waals surface area contributed by atoms with E-state index in [9.17, 15) is 0 Å². The van der Waals surface area contributed by atoms with Gasteiger partial charge < -0.3 is 10.2 Å². The third kappa shape index (κ3) is 1.56. The molecule has 13 heavy (non-hydrogen) atoms. The first-order valence-corrected chi connectivity index (χ1v) is 4.06. The summed E-state index contributed by atoms with van der Waals surface area (Å²) in [5, 5.41) is 1.07. The minimum Gasteiger partial charge on any atom is -0.464 e. The number of benzene rings is 1. The molecule has 2 aromatic rings. The van der Waals surface area contributed by atoms with Gasteiger partial charge in [-0.2, -0.15) is 0 Å². The van der Waals surface area contributed by atoms with Gasteiger partial charge in [0.15, 0.2) is 0 Å². The molecule has 0 unspecified atom stereocenters. The highest BCUT2D eigenvalue weighted by molar-refractivity contribution is 5.78. The minimum atomic E-state index is 0.392. The Labute approximate surface area is 76.3 Å². The van der Waals surface area contributed by atoms with Crippen molar-refractivity contribution >= 4 is 11.0 Å². The Morgan fingerprint density at radius 3 is 3.08 bits per heavy atom. The van der Waals surface area contributed by atoms with Crippen LogP contribution in [0.15, 0.2) is 34.9 Å². The van der Waals surface area contributed by atoms with Gasteiger partial charge in [0.2, 0.25) is 0 Å². The van der Waals surface area contributed by atoms with Crippen LogP contribution in [0.2, 0.25) is 0 Å². The summed E-state index contributed by atoms with van der Waals surface area (Å²) in [5.41, 5.74) is 7.14. The van der Waals surface area contributed by atoms with Crippen molar-refractivity contribution in [2.75, 3.05) is 6.54 Å². The summed E-state index contributed by atoms with van der Waals surface area (Å²) >= 11 is 0. The number of rotatable bonds is 0. The average molecular weight is 171 g/mol. The van der Waals surface area contributed by atoms with Crippen LogP contribution in [0.3, 0.4) is 0 Å². The normalized spacial score (nSPS) is 9.62. The van der Waals surface area contributed by atoms with Crippen molar-refractivity contribution in [3.8, 4) is 11.8 Å². The summed E-state index contributed by atoms with van der Waals surface area (Å²) in [6.07, 6.45) is 1.67. The molecule has 0 radical (unpaired) electrons. The predicted molar refractivity (Wildman–Crippen MR) is 52.1 cm³/mol. The van der Waals surface area contributed by atoms with Crippen molar-refractivity contribution in [1.29, 1.82) is 0 Å². The molecule has 2 N–H and O–H groups in total. The summed E-state index contributed by atoms with van der Waals surface area (Å²) in [6.45, 7) is 0.392. The van der Waals surface area contributed by atoms with Crippen LogP contribution in [0.5, 0.6) is 0 Å². The highest BCUT2D eigenvalue weighted by atomic mass is 16.3. The zero-order valence-corrected chi connectivity index (χ0v) is 7.08. The maximum Gasteiger partial charge on any atom is 0.133 e. The molecule has 0 bridgehead atoms. The van der Waals surface area contributed by atoms with Crippen molar-refractivity contribution in [3.05, 3.63) is 36.1 Å². The topological polar surface area (TPSA) is 39.2 Å². The molecular weight excluding hydrogens is 162 g/mol. The second-order valence-electron chi connectivity index (χ2n) is 2.68. The third-order valence-corrected chi connectivity index (χ3v) is 1.79. The minimum absolute atomic E-state index is 0.392. The summed E-state index contributed by atoms with van der Waals surface area (Å²) in [7, 11) is 0. The average Bonchev–Trinajstić information content (AvgIpc) is 2.61. The van der Waals surface area contributed by atoms with Gasteiger partial charge in [0.05, 0.1) is 12.8 Å². The van der Waals surface area contributed by atoms with Crippen molar-refractivity contribution in [2.24, 2.45) is 5.73 Å². The van der Waals surface area contributed by atoms with Crippen LogP contribution >= 0.6 is 0 Å². The molecule has 1 aromatic carbocycles. The molecule has 2 rings (SSSR count). The van der Waals surface area contributed by atoms with Gasteiger partial charge in [0.1, 0.15) is 5.58 Å². The van der Waals surface area contributed by atoms with Crippen LogP contribution < -0.4 is 5.73 Å². The highest BCUT2D eigenvalue weighted by Crippen LogP contribution is 2.16. The molecule has 1 heterocycles. The molecule has 0 amide bonds. The molecule has 2 heteroatoms. The third-order valence-electron chi connectivity index (χ3n) is 1.79. The molecule has 64 valence electrons. The molecule has 0 aliphatic heterocycles. The predicted octanol–water partition coefficient (Wildman–Crippen LogP) is 1.74. The molecule has 1 aromatic heterocycles. The maximum atomic E-state index is 5.28. The summed E-state index contributed by atoms with van der Waals surface area (Å²) in [4.78, 5) is 0. The Bertz CT molecular complexity index is 473. The van der Waals surface area contributed by atoms with E-state index in [1.54, 1.807) is 6.26 Å². The van der Waals surface area contributed by atoms with Crippen LogP contribution in [0.1, 0.15) is 5.56 Å². The Morgan fingerprint density at radius 2 is 2.23 bits per heavy atom. The largest absolute Gasteiger partial charge is 0.464 e. The van der Waals surface area contributed by atoms with E-state index in [1.807, 2.05) is 24.3 Å². The van der Waals surface area contributed by atoms with Crippen LogP contribution in [0.25, 0.3) is 11.0 Å². The standard InChI is InChI=1S/C11H9NO/c12-6-1-2-9-3-4-11-10(8-9)5-7-13-11/h3-5,7-8H,6,12H2. The molecular formula is C11H9NO. The van der Waals surface area contributed by atoms with Gasteiger partial charge in [-0.25, -0.2) is 0 Å². The van der Waals surface area contributed by atoms with E-state index in [4.69, 9.17) is 10.2 Å². The van der Waals surface area contributed by atoms with Gasteiger partial charge in [-0.05, 0) is 24.3 Å². The number of furan rings is 1. The molecule has 2 nitrogen and oxygen atoms in total. The molecule has 0 aliphatic carbocycles. The lowest BCUT2D eigenvalue weighted by atomic mass is 10.2. The first-order valence-electron chi connectivity index (χ1n) is 4.06. The lowest BCUT2D eigenvalue weighted by Gasteiger charge is -1.89. The summed E-state index contributed by atoms with van der Waals surface area (Å²) in [6, 6.07) is 7.74. The van der Waals surface area contributed by atoms with E-state index in [-0.39, 0.29) is 0 Å². The first-order chi connectivity index (χ1) is 6.40. The fourth-order valence-electron chi connectivity index (χ4n) is 1.20. The smallest absolute Gasteiger partial charge is 0.133 e. The SMILES string of the molecule is NCC#Cc1ccc2occc2c1. The maximum absolute atomic E-state index is 5.28. The van der Waals surface area contributed by atoms with Crippen LogP contribution in [-0.4, -0.2) is 6.54 Å². The van der Waals surface area contributed by atoms with Gasteiger partial charge in [-0.3, -0.25) is 0 Å². The number of hydrogen-bond donors (Lipinski definition) is 1. The van der Waals surface area contributed by atoms with Crippen molar-refractivity contribution in [3.63, 3.8) is 0 Å². The summed E-state index contributed by atoms with van der Waals surface area (Å²) in [5.74, 6) is 5.78. The Kier molecular flexibility index (Phi) is 2.03. The van der Waals surface area contributed by atoms with Gasteiger partial charge in [-0.15, -0.1) is 0 Å². The van der Waals surface area contributed by atoms with E-state index in [2.05, 4.69) is 11.8 Å². The van der Waals surface area contributed by atoms with Crippen LogP contribution in [-0.2, 0) is 0 Å². The van der Waals surface area contributed by atoms with Gasteiger partial charge in [0.25, 0.3) is 0 Å². The molecule has 0 saturated heterocycles. The fourth-order valence-corrected chi connectivity index (χ4v) is 1.20. The van der Waals surface area contributed by atoms with E-state index in [0.717, 1.165) is 16.5 Å². The first kappa shape index (κ1) is 7.90. The second-order valence-corrected chi connectivity index (χ2v) is 2.68. The lowest BCUT2D eigenvalue weighted by Crippen LogP contribution is -1.92. The van der Waals surface area contributed by atoms with E-state index < -0.39 is 0 Å². The van der Waals surface area contributed by atoms with E-state index in [1.165, 1.54) is 0 Å². The van der Waals surface area contributed by atoms with Gasteiger partial charge >= 0.3 is 0 Å². The Balaban J connectivity index is 2.48. The van der Waals surface area contributed by atoms with E-state index in [0.29, 0.717) is 6.54 Å².